The molecule has 0 heterocycles. The van der Waals surface area contributed by atoms with Gasteiger partial charge >= 0.3 is 0 Å². The number of aliphatic imine (C=N–C) groups is 1. The summed E-state index contributed by atoms with van der Waals surface area (Å²) in [5.41, 5.74) is 6.57. The summed E-state index contributed by atoms with van der Waals surface area (Å²) in [7, 11) is 0. The fourth-order valence-corrected chi connectivity index (χ4v) is 2.37. The highest BCUT2D eigenvalue weighted by atomic mass is 127. The van der Waals surface area contributed by atoms with Gasteiger partial charge < -0.3 is 16.4 Å². The summed E-state index contributed by atoms with van der Waals surface area (Å²) in [6.07, 6.45) is 4.30. The first-order chi connectivity index (χ1) is 11.5. The van der Waals surface area contributed by atoms with E-state index in [2.05, 4.69) is 36.4 Å². The molecular weight excluding hydrogens is 427 g/mol. The van der Waals surface area contributed by atoms with Crippen LogP contribution in [0.2, 0.25) is 0 Å². The van der Waals surface area contributed by atoms with Crippen molar-refractivity contribution in [2.75, 3.05) is 13.1 Å². The van der Waals surface area contributed by atoms with Crippen LogP contribution in [-0.4, -0.2) is 31.0 Å². The number of rotatable bonds is 10. The third-order valence-electron chi connectivity index (χ3n) is 3.75. The SMILES string of the molecule is CC(C)CCCC(C)NC(N)=NCCCNC(=O)c1ccccc1.I. The van der Waals surface area contributed by atoms with Gasteiger partial charge in [0.2, 0.25) is 0 Å². The molecule has 1 aromatic rings. The Hall–Kier alpha value is -1.31. The Bertz CT molecular complexity index is 505. The number of benzene rings is 1. The van der Waals surface area contributed by atoms with E-state index in [4.69, 9.17) is 5.73 Å². The average molecular weight is 460 g/mol. The van der Waals surface area contributed by atoms with Gasteiger partial charge in [0.05, 0.1) is 0 Å². The zero-order valence-electron chi connectivity index (χ0n) is 15.6. The van der Waals surface area contributed by atoms with Gasteiger partial charge in [-0.05, 0) is 37.8 Å². The second-order valence-electron chi connectivity index (χ2n) is 6.61. The monoisotopic (exact) mass is 460 g/mol. The van der Waals surface area contributed by atoms with Gasteiger partial charge in [-0.25, -0.2) is 0 Å². The molecular formula is C19H33IN4O. The summed E-state index contributed by atoms with van der Waals surface area (Å²) >= 11 is 0. The van der Waals surface area contributed by atoms with Gasteiger partial charge in [0.15, 0.2) is 5.96 Å². The van der Waals surface area contributed by atoms with E-state index in [1.165, 1.54) is 12.8 Å². The third-order valence-corrected chi connectivity index (χ3v) is 3.75. The fraction of sp³-hybridized carbons (Fsp3) is 0.579. The van der Waals surface area contributed by atoms with Crippen LogP contribution in [0.15, 0.2) is 35.3 Å². The molecule has 0 fully saturated rings. The highest BCUT2D eigenvalue weighted by Crippen LogP contribution is 2.07. The number of guanidine groups is 1. The second-order valence-corrected chi connectivity index (χ2v) is 6.61. The van der Waals surface area contributed by atoms with Crippen molar-refractivity contribution in [2.45, 2.75) is 52.5 Å². The first kappa shape index (κ1) is 23.7. The molecule has 25 heavy (non-hydrogen) atoms. The zero-order chi connectivity index (χ0) is 17.8. The van der Waals surface area contributed by atoms with Crippen LogP contribution in [0.3, 0.4) is 0 Å². The smallest absolute Gasteiger partial charge is 0.251 e. The molecule has 1 unspecified atom stereocenters. The lowest BCUT2D eigenvalue weighted by Gasteiger charge is -2.15. The van der Waals surface area contributed by atoms with Crippen molar-refractivity contribution in [1.29, 1.82) is 0 Å². The number of nitrogens with two attached hydrogens (primary N) is 1. The lowest BCUT2D eigenvalue weighted by atomic mass is 10.0. The van der Waals surface area contributed by atoms with Gasteiger partial charge in [0, 0.05) is 24.7 Å². The van der Waals surface area contributed by atoms with E-state index < -0.39 is 0 Å². The number of carbonyl (C=O) groups excluding carboxylic acids is 1. The predicted molar refractivity (Wildman–Crippen MR) is 117 cm³/mol. The van der Waals surface area contributed by atoms with E-state index in [1.54, 1.807) is 12.1 Å². The number of halogens is 1. The Kier molecular flexibility index (Phi) is 13.2. The van der Waals surface area contributed by atoms with Gasteiger partial charge in [-0.15, -0.1) is 24.0 Å². The first-order valence-corrected chi connectivity index (χ1v) is 8.88. The van der Waals surface area contributed by atoms with Crippen LogP contribution in [-0.2, 0) is 0 Å². The molecule has 142 valence electrons. The number of carbonyl (C=O) groups is 1. The van der Waals surface area contributed by atoms with E-state index >= 15 is 0 Å². The Morgan fingerprint density at radius 1 is 1.12 bits per heavy atom. The van der Waals surface area contributed by atoms with Crippen molar-refractivity contribution in [3.8, 4) is 0 Å². The number of hydrogen-bond donors (Lipinski definition) is 3. The molecule has 1 aromatic carbocycles. The van der Waals surface area contributed by atoms with Gasteiger partial charge in [0.25, 0.3) is 5.91 Å². The molecule has 0 radical (unpaired) electrons. The number of hydrogen-bond acceptors (Lipinski definition) is 2. The molecule has 6 heteroatoms. The molecule has 0 saturated carbocycles. The van der Waals surface area contributed by atoms with Gasteiger partial charge in [-0.3, -0.25) is 9.79 Å². The summed E-state index contributed by atoms with van der Waals surface area (Å²) < 4.78 is 0. The van der Waals surface area contributed by atoms with Crippen molar-refractivity contribution in [2.24, 2.45) is 16.6 Å². The quantitative estimate of drug-likeness (QED) is 0.216. The molecule has 1 atom stereocenters. The predicted octanol–water partition coefficient (Wildman–Crippen LogP) is 3.54. The summed E-state index contributed by atoms with van der Waals surface area (Å²) in [6, 6.07) is 9.55. The molecule has 4 N–H and O–H groups in total. The van der Waals surface area contributed by atoms with Gasteiger partial charge in [-0.2, -0.15) is 0 Å². The Labute approximate surface area is 169 Å². The standard InChI is InChI=1S/C19H32N4O.HI/c1-15(2)9-7-10-16(3)23-19(20)22-14-8-13-21-18(24)17-11-5-4-6-12-17;/h4-6,11-12,15-16H,7-10,13-14H2,1-3H3,(H,21,24)(H3,20,22,23);1H. The number of nitrogens with zero attached hydrogens (tertiary/aromatic N) is 1. The Morgan fingerprint density at radius 3 is 2.44 bits per heavy atom. The molecule has 0 saturated heterocycles. The minimum atomic E-state index is -0.0514. The number of nitrogens with one attached hydrogen (secondary N) is 2. The van der Waals surface area contributed by atoms with E-state index in [9.17, 15) is 4.79 Å². The summed E-state index contributed by atoms with van der Waals surface area (Å²) in [4.78, 5) is 16.2. The van der Waals surface area contributed by atoms with E-state index in [-0.39, 0.29) is 29.9 Å². The number of amides is 1. The van der Waals surface area contributed by atoms with Crippen molar-refractivity contribution in [1.82, 2.24) is 10.6 Å². The maximum Gasteiger partial charge on any atom is 0.251 e. The van der Waals surface area contributed by atoms with Crippen molar-refractivity contribution in [3.63, 3.8) is 0 Å². The largest absolute Gasteiger partial charge is 0.370 e. The Morgan fingerprint density at radius 2 is 1.80 bits per heavy atom. The summed E-state index contributed by atoms with van der Waals surface area (Å²) in [5.74, 6) is 1.18. The lowest BCUT2D eigenvalue weighted by molar-refractivity contribution is 0.0953. The fourth-order valence-electron chi connectivity index (χ4n) is 2.37. The Balaban J connectivity index is 0.00000576. The topological polar surface area (TPSA) is 79.5 Å². The van der Waals surface area contributed by atoms with Crippen LogP contribution in [0, 0.1) is 5.92 Å². The zero-order valence-corrected chi connectivity index (χ0v) is 18.0. The lowest BCUT2D eigenvalue weighted by Crippen LogP contribution is -2.38. The normalized spacial score (nSPS) is 12.4. The van der Waals surface area contributed by atoms with Crippen LogP contribution in [0.4, 0.5) is 0 Å². The molecule has 0 aliphatic carbocycles. The third kappa shape index (κ3) is 11.8. The molecule has 1 rings (SSSR count). The minimum Gasteiger partial charge on any atom is -0.370 e. The van der Waals surface area contributed by atoms with Gasteiger partial charge in [0.1, 0.15) is 0 Å². The van der Waals surface area contributed by atoms with Crippen LogP contribution >= 0.6 is 24.0 Å². The average Bonchev–Trinajstić information content (AvgIpc) is 2.54. The molecule has 0 aromatic heterocycles. The highest BCUT2D eigenvalue weighted by molar-refractivity contribution is 14.0. The molecule has 1 amide bonds. The summed E-state index contributed by atoms with van der Waals surface area (Å²) in [6.45, 7) is 7.80. The molecule has 0 aliphatic rings. The van der Waals surface area contributed by atoms with Crippen molar-refractivity contribution < 1.29 is 4.79 Å². The maximum atomic E-state index is 11.9. The highest BCUT2D eigenvalue weighted by Gasteiger charge is 2.04. The van der Waals surface area contributed by atoms with Crippen molar-refractivity contribution in [3.05, 3.63) is 35.9 Å². The van der Waals surface area contributed by atoms with Crippen LogP contribution in [0.25, 0.3) is 0 Å². The maximum absolute atomic E-state index is 11.9. The molecule has 0 bridgehead atoms. The second kappa shape index (κ2) is 13.9. The van der Waals surface area contributed by atoms with Gasteiger partial charge in [-0.1, -0.05) is 44.9 Å². The van der Waals surface area contributed by atoms with E-state index in [0.29, 0.717) is 30.7 Å². The first-order valence-electron chi connectivity index (χ1n) is 8.88. The van der Waals surface area contributed by atoms with Crippen LogP contribution in [0.5, 0.6) is 0 Å². The molecule has 0 aliphatic heterocycles. The molecule has 5 nitrogen and oxygen atoms in total. The van der Waals surface area contributed by atoms with E-state index in [0.717, 1.165) is 18.8 Å². The molecule has 0 spiro atoms. The van der Waals surface area contributed by atoms with Crippen molar-refractivity contribution >= 4 is 35.8 Å². The minimum absolute atomic E-state index is 0. The van der Waals surface area contributed by atoms with Crippen LogP contribution < -0.4 is 16.4 Å². The van der Waals surface area contributed by atoms with Crippen LogP contribution in [0.1, 0.15) is 56.8 Å². The summed E-state index contributed by atoms with van der Waals surface area (Å²) in [5, 5.41) is 6.10. The van der Waals surface area contributed by atoms with E-state index in [1.807, 2.05) is 18.2 Å².